The standard InChI is InChI=1S/C19H20BrN3O/c1-5-23(4)12-22-18-8-14(3)19(9-13(18)2)24-16-7-6-15(11-21)17(20)10-16/h6-10,12H,5H2,1-4H3/b22-12+. The molecule has 0 spiro atoms. The average Bonchev–Trinajstić information content (AvgIpc) is 2.56. The molecule has 0 aliphatic carbocycles. The van der Waals surface area contributed by atoms with Gasteiger partial charge in [0.05, 0.1) is 17.6 Å². The van der Waals surface area contributed by atoms with Crippen molar-refractivity contribution in [1.29, 1.82) is 5.26 Å². The maximum absolute atomic E-state index is 8.98. The second-order valence-corrected chi connectivity index (χ2v) is 6.43. The second kappa shape index (κ2) is 7.98. The number of nitrogens with zero attached hydrogens (tertiary/aromatic N) is 3. The Morgan fingerprint density at radius 3 is 2.62 bits per heavy atom. The van der Waals surface area contributed by atoms with Crippen molar-refractivity contribution < 1.29 is 4.74 Å². The minimum atomic E-state index is 0.583. The van der Waals surface area contributed by atoms with Crippen LogP contribution in [0.5, 0.6) is 11.5 Å². The van der Waals surface area contributed by atoms with Crippen LogP contribution in [0.2, 0.25) is 0 Å². The van der Waals surface area contributed by atoms with Gasteiger partial charge in [-0.3, -0.25) is 0 Å². The molecule has 0 N–H and O–H groups in total. The number of hydrogen-bond donors (Lipinski definition) is 0. The Bertz CT molecular complexity index is 809. The van der Waals surface area contributed by atoms with Crippen LogP contribution >= 0.6 is 15.9 Å². The summed E-state index contributed by atoms with van der Waals surface area (Å²) in [6.07, 6.45) is 1.83. The number of nitriles is 1. The fourth-order valence-electron chi connectivity index (χ4n) is 2.04. The zero-order valence-electron chi connectivity index (χ0n) is 14.3. The summed E-state index contributed by atoms with van der Waals surface area (Å²) in [6.45, 7) is 7.00. The summed E-state index contributed by atoms with van der Waals surface area (Å²) >= 11 is 3.38. The molecule has 2 aromatic carbocycles. The Morgan fingerprint density at radius 1 is 1.25 bits per heavy atom. The van der Waals surface area contributed by atoms with Crippen LogP contribution in [0.1, 0.15) is 23.6 Å². The smallest absolute Gasteiger partial charge is 0.130 e. The highest BCUT2D eigenvalue weighted by Crippen LogP contribution is 2.33. The lowest BCUT2D eigenvalue weighted by Crippen LogP contribution is -2.14. The Hall–Kier alpha value is -2.32. The van der Waals surface area contributed by atoms with E-state index in [4.69, 9.17) is 10.00 Å². The minimum absolute atomic E-state index is 0.583. The SMILES string of the molecule is CCN(C)/C=N/c1cc(C)c(Oc2ccc(C#N)c(Br)c2)cc1C. The fourth-order valence-corrected chi connectivity index (χ4v) is 2.49. The molecule has 0 fully saturated rings. The van der Waals surface area contributed by atoms with E-state index in [9.17, 15) is 0 Å². The van der Waals surface area contributed by atoms with Gasteiger partial charge in [-0.1, -0.05) is 0 Å². The molecular formula is C19H20BrN3O. The molecule has 0 aliphatic rings. The Kier molecular flexibility index (Phi) is 5.99. The zero-order chi connectivity index (χ0) is 17.7. The maximum Gasteiger partial charge on any atom is 0.130 e. The van der Waals surface area contributed by atoms with Crippen molar-refractivity contribution in [2.24, 2.45) is 4.99 Å². The van der Waals surface area contributed by atoms with Gasteiger partial charge in [-0.05, 0) is 78.2 Å². The largest absolute Gasteiger partial charge is 0.457 e. The van der Waals surface area contributed by atoms with Gasteiger partial charge in [0.2, 0.25) is 0 Å². The van der Waals surface area contributed by atoms with Crippen molar-refractivity contribution >= 4 is 28.0 Å². The van der Waals surface area contributed by atoms with Crippen LogP contribution in [0.25, 0.3) is 0 Å². The normalized spacial score (nSPS) is 10.7. The first-order chi connectivity index (χ1) is 11.4. The molecule has 0 aromatic heterocycles. The molecule has 5 heteroatoms. The Balaban J connectivity index is 2.26. The number of aliphatic imine (C=N–C) groups is 1. The molecule has 0 saturated heterocycles. The number of halogens is 1. The monoisotopic (exact) mass is 385 g/mol. The third-order valence-corrected chi connectivity index (χ3v) is 4.33. The molecule has 0 aliphatic heterocycles. The van der Waals surface area contributed by atoms with Gasteiger partial charge in [0.15, 0.2) is 0 Å². The molecule has 2 aromatic rings. The molecule has 0 amide bonds. The third kappa shape index (κ3) is 4.36. The summed E-state index contributed by atoms with van der Waals surface area (Å²) in [4.78, 5) is 6.55. The first-order valence-corrected chi connectivity index (χ1v) is 8.47. The number of rotatable bonds is 5. The van der Waals surface area contributed by atoms with Crippen molar-refractivity contribution in [2.75, 3.05) is 13.6 Å². The van der Waals surface area contributed by atoms with Gasteiger partial charge in [0.25, 0.3) is 0 Å². The molecule has 4 nitrogen and oxygen atoms in total. The van der Waals surface area contributed by atoms with Crippen LogP contribution in [-0.4, -0.2) is 24.8 Å². The van der Waals surface area contributed by atoms with E-state index in [0.29, 0.717) is 11.3 Å². The van der Waals surface area contributed by atoms with E-state index in [1.54, 1.807) is 18.2 Å². The molecule has 2 rings (SSSR count). The van der Waals surface area contributed by atoms with Gasteiger partial charge in [0, 0.05) is 18.1 Å². The number of hydrogen-bond acceptors (Lipinski definition) is 3. The van der Waals surface area contributed by atoms with E-state index in [1.807, 2.05) is 44.3 Å². The number of aryl methyl sites for hydroxylation is 2. The molecule has 0 heterocycles. The lowest BCUT2D eigenvalue weighted by molar-refractivity contribution is 0.478. The Morgan fingerprint density at radius 2 is 2.00 bits per heavy atom. The van der Waals surface area contributed by atoms with E-state index >= 15 is 0 Å². The van der Waals surface area contributed by atoms with E-state index < -0.39 is 0 Å². The summed E-state index contributed by atoms with van der Waals surface area (Å²) in [7, 11) is 1.99. The number of benzene rings is 2. The molecule has 0 atom stereocenters. The molecule has 0 radical (unpaired) electrons. The molecule has 24 heavy (non-hydrogen) atoms. The topological polar surface area (TPSA) is 48.6 Å². The summed E-state index contributed by atoms with van der Waals surface area (Å²) < 4.78 is 6.69. The second-order valence-electron chi connectivity index (χ2n) is 5.58. The first-order valence-electron chi connectivity index (χ1n) is 7.67. The first kappa shape index (κ1) is 18.0. The quantitative estimate of drug-likeness (QED) is 0.515. The van der Waals surface area contributed by atoms with Gasteiger partial charge in [-0.2, -0.15) is 5.26 Å². The number of ether oxygens (including phenoxy) is 1. The van der Waals surface area contributed by atoms with Crippen molar-refractivity contribution in [1.82, 2.24) is 4.90 Å². The van der Waals surface area contributed by atoms with E-state index in [1.165, 1.54) is 0 Å². The third-order valence-electron chi connectivity index (χ3n) is 3.68. The van der Waals surface area contributed by atoms with E-state index in [2.05, 4.69) is 33.9 Å². The summed E-state index contributed by atoms with van der Waals surface area (Å²) in [5, 5.41) is 8.98. The minimum Gasteiger partial charge on any atom is -0.457 e. The Labute approximate surface area is 151 Å². The van der Waals surface area contributed by atoms with Crippen molar-refractivity contribution in [3.8, 4) is 17.6 Å². The molecule has 124 valence electrons. The molecule has 0 bridgehead atoms. The van der Waals surface area contributed by atoms with Crippen LogP contribution in [0, 0.1) is 25.2 Å². The lowest BCUT2D eigenvalue weighted by atomic mass is 10.1. The van der Waals surface area contributed by atoms with E-state index in [0.717, 1.165) is 33.6 Å². The van der Waals surface area contributed by atoms with E-state index in [-0.39, 0.29) is 0 Å². The summed E-state index contributed by atoms with van der Waals surface area (Å²) in [6, 6.07) is 11.5. The van der Waals surface area contributed by atoms with Crippen LogP contribution in [0.3, 0.4) is 0 Å². The zero-order valence-corrected chi connectivity index (χ0v) is 15.9. The van der Waals surface area contributed by atoms with Crippen LogP contribution in [0.15, 0.2) is 39.8 Å². The van der Waals surface area contributed by atoms with Gasteiger partial charge >= 0.3 is 0 Å². The van der Waals surface area contributed by atoms with Crippen LogP contribution < -0.4 is 4.74 Å². The predicted molar refractivity (Wildman–Crippen MR) is 101 cm³/mol. The van der Waals surface area contributed by atoms with Crippen molar-refractivity contribution in [3.63, 3.8) is 0 Å². The lowest BCUT2D eigenvalue weighted by Gasteiger charge is -2.13. The predicted octanol–water partition coefficient (Wildman–Crippen LogP) is 5.34. The summed E-state index contributed by atoms with van der Waals surface area (Å²) in [5.74, 6) is 1.47. The molecule has 0 saturated carbocycles. The highest BCUT2D eigenvalue weighted by atomic mass is 79.9. The van der Waals surface area contributed by atoms with Crippen molar-refractivity contribution in [3.05, 3.63) is 51.5 Å². The highest BCUT2D eigenvalue weighted by Gasteiger charge is 2.08. The van der Waals surface area contributed by atoms with Gasteiger partial charge in [-0.15, -0.1) is 0 Å². The highest BCUT2D eigenvalue weighted by molar-refractivity contribution is 9.10. The average molecular weight is 386 g/mol. The molecule has 0 unspecified atom stereocenters. The van der Waals surface area contributed by atoms with Crippen LogP contribution in [0.4, 0.5) is 5.69 Å². The molecular weight excluding hydrogens is 366 g/mol. The fraction of sp³-hybridized carbons (Fsp3) is 0.263. The van der Waals surface area contributed by atoms with Gasteiger partial charge in [-0.25, -0.2) is 4.99 Å². The van der Waals surface area contributed by atoms with Gasteiger partial charge in [0.1, 0.15) is 17.6 Å². The van der Waals surface area contributed by atoms with Crippen LogP contribution in [-0.2, 0) is 0 Å². The van der Waals surface area contributed by atoms with Crippen molar-refractivity contribution in [2.45, 2.75) is 20.8 Å². The van der Waals surface area contributed by atoms with Gasteiger partial charge < -0.3 is 9.64 Å². The maximum atomic E-state index is 8.98. The summed E-state index contributed by atoms with van der Waals surface area (Å²) in [5.41, 5.74) is 3.57.